The predicted molar refractivity (Wildman–Crippen MR) is 117 cm³/mol. The lowest BCUT2D eigenvalue weighted by Gasteiger charge is -2.34. The molecule has 0 radical (unpaired) electrons. The molecule has 0 spiro atoms. The van der Waals surface area contributed by atoms with E-state index in [1.807, 2.05) is 11.8 Å². The Hall–Kier alpha value is -2.82. The Labute approximate surface area is 176 Å². The number of piperidine rings is 1. The van der Waals surface area contributed by atoms with E-state index in [9.17, 15) is 13.9 Å². The zero-order chi connectivity index (χ0) is 21.3. The average molecular weight is 432 g/mol. The molecule has 2 aliphatic heterocycles. The van der Waals surface area contributed by atoms with Gasteiger partial charge in [0.05, 0.1) is 17.9 Å². The first-order valence-electron chi connectivity index (χ1n) is 9.71. The van der Waals surface area contributed by atoms with Crippen LogP contribution in [0, 0.1) is 12.8 Å². The molecule has 160 valence electrons. The van der Waals surface area contributed by atoms with Crippen molar-refractivity contribution >= 4 is 28.4 Å². The van der Waals surface area contributed by atoms with Gasteiger partial charge >= 0.3 is 0 Å². The Balaban J connectivity index is 1.44. The zero-order valence-corrected chi connectivity index (χ0v) is 17.4. The van der Waals surface area contributed by atoms with E-state index in [2.05, 4.69) is 14.1 Å². The molecule has 0 saturated carbocycles. The van der Waals surface area contributed by atoms with E-state index >= 15 is 0 Å². The van der Waals surface area contributed by atoms with Gasteiger partial charge in [0.2, 0.25) is 0 Å². The number of benzene rings is 1. The first-order chi connectivity index (χ1) is 14.3. The molecule has 1 aromatic heterocycles. The number of hydrogen-bond acceptors (Lipinski definition) is 8. The fourth-order valence-corrected chi connectivity index (χ4v) is 4.71. The second-order valence-electron chi connectivity index (χ2n) is 7.54. The van der Waals surface area contributed by atoms with Crippen LogP contribution >= 0.6 is 11.0 Å². The molecule has 3 heterocycles. The maximum Gasteiger partial charge on any atom is 0.254 e. The lowest BCUT2D eigenvalue weighted by atomic mass is 9.97. The van der Waals surface area contributed by atoms with Gasteiger partial charge in [-0.25, -0.2) is 0 Å². The fourth-order valence-electron chi connectivity index (χ4n) is 3.83. The highest BCUT2D eigenvalue weighted by Gasteiger charge is 2.28. The third-order valence-corrected chi connectivity index (χ3v) is 6.23. The van der Waals surface area contributed by atoms with Crippen LogP contribution < -0.4 is 15.2 Å². The van der Waals surface area contributed by atoms with Gasteiger partial charge in [0.25, 0.3) is 5.91 Å². The van der Waals surface area contributed by atoms with Crippen molar-refractivity contribution in [2.45, 2.75) is 19.8 Å². The van der Waals surface area contributed by atoms with Crippen LogP contribution in [0.5, 0.6) is 5.75 Å². The minimum Gasteiger partial charge on any atom is -0.492 e. The van der Waals surface area contributed by atoms with Crippen molar-refractivity contribution in [1.82, 2.24) is 9.88 Å². The molecule has 1 amide bonds. The smallest absolute Gasteiger partial charge is 0.254 e. The number of carbonyl (C=O) groups is 1. The number of carbonyl (C=O) groups excluding carboxylic acids is 1. The van der Waals surface area contributed by atoms with Crippen LogP contribution in [0.25, 0.3) is 0 Å². The number of nitrogens with one attached hydrogen (secondary N) is 1. The van der Waals surface area contributed by atoms with Gasteiger partial charge in [-0.3, -0.25) is 23.6 Å². The first kappa shape index (κ1) is 20.5. The lowest BCUT2D eigenvalue weighted by Crippen LogP contribution is -2.41. The summed E-state index contributed by atoms with van der Waals surface area (Å²) in [5, 5.41) is 0. The number of nitrogens with two attached hydrogens (primary N) is 1. The molecule has 1 saturated heterocycles. The van der Waals surface area contributed by atoms with Crippen molar-refractivity contribution in [3.63, 3.8) is 0 Å². The normalized spacial score (nSPS) is 21.1. The number of amides is 1. The quantitative estimate of drug-likeness (QED) is 0.585. The van der Waals surface area contributed by atoms with Crippen LogP contribution in [0.4, 0.5) is 5.69 Å². The van der Waals surface area contributed by atoms with Gasteiger partial charge in [-0.05, 0) is 54.5 Å². The van der Waals surface area contributed by atoms with Crippen LogP contribution in [0.15, 0.2) is 41.1 Å². The summed E-state index contributed by atoms with van der Waals surface area (Å²) in [6.07, 6.45) is 5.20. The molecule has 1 atom stereocenters. The summed E-state index contributed by atoms with van der Waals surface area (Å²) in [7, 11) is -3.34. The molecule has 0 bridgehead atoms. The van der Waals surface area contributed by atoms with Crippen molar-refractivity contribution in [3.8, 4) is 5.75 Å². The standard InChI is InChI=1S/C20H25N5O4S/c1-13-10-22-8-7-15(13)20(26)25-9-3-4-14(11-25)12-29-17-6-2-5-16-18(17)19(21)24-30(27,28)23-16/h2,5-8,10,14,23,27-28H,3-4,9,11-12H2,1H3,(H2,21,24). The van der Waals surface area contributed by atoms with E-state index in [-0.39, 0.29) is 17.7 Å². The number of amidine groups is 1. The number of fused-ring (bicyclic) bond motifs is 1. The van der Waals surface area contributed by atoms with Gasteiger partial charge in [0.15, 0.2) is 5.84 Å². The molecule has 2 aromatic rings. The van der Waals surface area contributed by atoms with Gasteiger partial charge in [0.1, 0.15) is 5.75 Å². The highest BCUT2D eigenvalue weighted by atomic mass is 32.3. The summed E-state index contributed by atoms with van der Waals surface area (Å²) < 4.78 is 31.9. The summed E-state index contributed by atoms with van der Waals surface area (Å²) in [6.45, 7) is 3.63. The van der Waals surface area contributed by atoms with E-state index < -0.39 is 11.0 Å². The van der Waals surface area contributed by atoms with Gasteiger partial charge in [-0.2, -0.15) is 0 Å². The topological polar surface area (TPSA) is 133 Å². The van der Waals surface area contributed by atoms with Crippen LogP contribution in [-0.2, 0) is 0 Å². The summed E-state index contributed by atoms with van der Waals surface area (Å²) >= 11 is 0. The van der Waals surface area contributed by atoms with E-state index in [1.165, 1.54) is 0 Å². The molecular formula is C20H25N5O4S. The van der Waals surface area contributed by atoms with Gasteiger partial charge < -0.3 is 15.4 Å². The number of ether oxygens (including phenoxy) is 1. The van der Waals surface area contributed by atoms with Crippen LogP contribution in [-0.4, -0.2) is 50.4 Å². The SMILES string of the molecule is Cc1cnccc1C(=O)N1CCCC(COc2cccc3c2C(N)=NS(O)(O)N3)C1. The van der Waals surface area contributed by atoms with Gasteiger partial charge in [-0.15, -0.1) is 4.40 Å². The number of aryl methyl sites for hydroxylation is 1. The van der Waals surface area contributed by atoms with Gasteiger partial charge in [0, 0.05) is 37.0 Å². The largest absolute Gasteiger partial charge is 0.492 e. The molecule has 1 aromatic carbocycles. The van der Waals surface area contributed by atoms with Crippen molar-refractivity contribution in [2.75, 3.05) is 24.4 Å². The third kappa shape index (κ3) is 4.20. The summed E-state index contributed by atoms with van der Waals surface area (Å²) in [6, 6.07) is 6.97. The molecule has 30 heavy (non-hydrogen) atoms. The number of hydrogen-bond donors (Lipinski definition) is 4. The third-order valence-electron chi connectivity index (χ3n) is 5.29. The number of likely N-dealkylation sites (tertiary alicyclic amines) is 1. The second kappa shape index (κ2) is 8.13. The molecule has 4 rings (SSSR count). The van der Waals surface area contributed by atoms with Crippen molar-refractivity contribution < 1.29 is 18.6 Å². The molecule has 5 N–H and O–H groups in total. The first-order valence-corrected chi connectivity index (χ1v) is 11.2. The van der Waals surface area contributed by atoms with Gasteiger partial charge in [-0.1, -0.05) is 6.07 Å². The Kier molecular flexibility index (Phi) is 5.54. The molecule has 1 unspecified atom stereocenters. The fraction of sp³-hybridized carbons (Fsp3) is 0.350. The maximum absolute atomic E-state index is 12.9. The second-order valence-corrected chi connectivity index (χ2v) is 8.96. The monoisotopic (exact) mass is 431 g/mol. The Bertz CT molecular complexity index is 997. The van der Waals surface area contributed by atoms with E-state index in [0.717, 1.165) is 24.9 Å². The Morgan fingerprint density at radius 1 is 1.40 bits per heavy atom. The summed E-state index contributed by atoms with van der Waals surface area (Å²) in [5.74, 6) is 0.732. The van der Waals surface area contributed by atoms with Crippen LogP contribution in [0.1, 0.15) is 34.3 Å². The predicted octanol–water partition coefficient (Wildman–Crippen LogP) is 3.03. The summed E-state index contributed by atoms with van der Waals surface area (Å²) in [5.41, 5.74) is 8.47. The molecule has 9 nitrogen and oxygen atoms in total. The van der Waals surface area contributed by atoms with E-state index in [0.29, 0.717) is 35.7 Å². The number of rotatable bonds is 4. The number of aromatic nitrogens is 1. The highest BCUT2D eigenvalue weighted by molar-refractivity contribution is 8.24. The molecule has 1 fully saturated rings. The molecular weight excluding hydrogens is 406 g/mol. The number of anilines is 1. The lowest BCUT2D eigenvalue weighted by molar-refractivity contribution is 0.0632. The van der Waals surface area contributed by atoms with E-state index in [1.54, 1.807) is 36.7 Å². The maximum atomic E-state index is 12.9. The average Bonchev–Trinajstić information content (AvgIpc) is 2.71. The highest BCUT2D eigenvalue weighted by Crippen LogP contribution is 2.46. The molecule has 10 heteroatoms. The number of pyridine rings is 1. The molecule has 0 aliphatic carbocycles. The van der Waals surface area contributed by atoms with Crippen molar-refractivity contribution in [3.05, 3.63) is 53.3 Å². The zero-order valence-electron chi connectivity index (χ0n) is 16.6. The Morgan fingerprint density at radius 3 is 3.03 bits per heavy atom. The summed E-state index contributed by atoms with van der Waals surface area (Å²) in [4.78, 5) is 18.8. The van der Waals surface area contributed by atoms with Crippen LogP contribution in [0.2, 0.25) is 0 Å². The minimum absolute atomic E-state index is 0.0162. The number of nitrogens with zero attached hydrogens (tertiary/aromatic N) is 3. The van der Waals surface area contributed by atoms with Crippen molar-refractivity contribution in [2.24, 2.45) is 16.0 Å². The van der Waals surface area contributed by atoms with Crippen LogP contribution in [0.3, 0.4) is 0 Å². The minimum atomic E-state index is -3.34. The Morgan fingerprint density at radius 2 is 2.23 bits per heavy atom. The molecule has 2 aliphatic rings. The van der Waals surface area contributed by atoms with Crippen molar-refractivity contribution in [1.29, 1.82) is 0 Å². The van der Waals surface area contributed by atoms with E-state index in [4.69, 9.17) is 10.5 Å².